The minimum absolute atomic E-state index is 0.0147. The van der Waals surface area contributed by atoms with E-state index in [2.05, 4.69) is 27.7 Å². The third-order valence-corrected chi connectivity index (χ3v) is 22.8. The fourth-order valence-corrected chi connectivity index (χ4v) is 18.2. The van der Waals surface area contributed by atoms with E-state index in [9.17, 15) is 50.4 Å². The number of hydrogen-bond acceptors (Lipinski definition) is 9. The summed E-state index contributed by atoms with van der Waals surface area (Å²) < 4.78 is 179. The third-order valence-electron chi connectivity index (χ3n) is 22.8. The zero-order valence-electron chi connectivity index (χ0n) is 47.6. The molecular formula is C63H78F10O9. The summed E-state index contributed by atoms with van der Waals surface area (Å²) in [6, 6.07) is 16.9. The maximum atomic E-state index is 15.4. The molecular weight excluding hydrogens is 1090 g/mol. The average molecular weight is 1170 g/mol. The van der Waals surface area contributed by atoms with Crippen LogP contribution in [0.25, 0.3) is 0 Å². The number of benzene rings is 2. The van der Waals surface area contributed by atoms with Crippen molar-refractivity contribution >= 4 is 0 Å². The molecule has 9 nitrogen and oxygen atoms in total. The van der Waals surface area contributed by atoms with Gasteiger partial charge in [0.15, 0.2) is 11.6 Å². The minimum atomic E-state index is -5.90. The summed E-state index contributed by atoms with van der Waals surface area (Å²) in [5, 5.41) is 34.9. The standard InChI is InChI=1S/C38H45F5O5.C25H33F5O4/c1-32(2)22-47-35(48-23-32)17-14-30-31-27(13-16-34(30,44)21-35)29-15-18-36(45,37(39,40)38(41,42)43)33(29,3)19-28(31)25-9-11-26(12-10-25)46-20-24-7-5-4-6-8-24;1-18(2)13-32-21(33-14-18)10-11-22-17-5-7-19(3)16(15(17)4-8-20(22,12-21)34-22)6-9-23(19,31)24(26,27)25(28,29)30/h4-12,27-29,44-45H,13-23H2,1-3H3;5,15-16,31H,4,6-14H2,1-3H3/t27?,28-,29?,33+,34-,36+;15-,16-,19-,20?,22+,23-/m10/s1. The van der Waals surface area contributed by atoms with Crippen LogP contribution in [0.4, 0.5) is 43.9 Å². The molecule has 8 aliphatic carbocycles. The summed E-state index contributed by atoms with van der Waals surface area (Å²) in [4.78, 5) is 0. The van der Waals surface area contributed by atoms with Gasteiger partial charge in [0, 0.05) is 53.3 Å². The van der Waals surface area contributed by atoms with Gasteiger partial charge in [-0.25, -0.2) is 0 Å². The lowest BCUT2D eigenvalue weighted by molar-refractivity contribution is -0.362. The summed E-state index contributed by atoms with van der Waals surface area (Å²) in [5.41, 5.74) is -7.54. The molecule has 2 aromatic carbocycles. The zero-order valence-corrected chi connectivity index (χ0v) is 47.6. The normalized spacial score (nSPS) is 41.3. The molecule has 13 rings (SSSR count). The average Bonchev–Trinajstić information content (AvgIpc) is 2.38. The van der Waals surface area contributed by atoms with Crippen molar-refractivity contribution < 1.29 is 87.6 Å². The van der Waals surface area contributed by atoms with Crippen LogP contribution >= 0.6 is 0 Å². The molecule has 9 fully saturated rings. The first kappa shape index (κ1) is 59.1. The Hall–Kier alpha value is -3.30. The molecule has 19 heteroatoms. The van der Waals surface area contributed by atoms with Crippen molar-refractivity contribution in [3.05, 3.63) is 88.5 Å². The molecule has 2 spiro atoms. The number of allylic oxidation sites excluding steroid dienone is 2. The van der Waals surface area contributed by atoms with Crippen LogP contribution in [0.5, 0.6) is 5.75 Å². The predicted molar refractivity (Wildman–Crippen MR) is 279 cm³/mol. The van der Waals surface area contributed by atoms with Gasteiger partial charge in [-0.2, -0.15) is 43.9 Å². The minimum Gasteiger partial charge on any atom is -0.489 e. The number of rotatable bonds is 6. The van der Waals surface area contributed by atoms with Crippen molar-refractivity contribution in [2.45, 2.75) is 221 Å². The highest BCUT2D eigenvalue weighted by Gasteiger charge is 2.83. The number of aliphatic hydroxyl groups is 3. The second-order valence-corrected chi connectivity index (χ2v) is 28.8. The first-order chi connectivity index (χ1) is 38.0. The van der Waals surface area contributed by atoms with E-state index >= 15 is 8.78 Å². The molecule has 6 saturated carbocycles. The van der Waals surface area contributed by atoms with Gasteiger partial charge >= 0.3 is 24.2 Å². The smallest absolute Gasteiger partial charge is 0.456 e. The van der Waals surface area contributed by atoms with Crippen molar-refractivity contribution in [1.29, 1.82) is 0 Å². The van der Waals surface area contributed by atoms with Gasteiger partial charge in [-0.05, 0) is 135 Å². The van der Waals surface area contributed by atoms with Gasteiger partial charge in [0.25, 0.3) is 0 Å². The molecule has 3 heterocycles. The fraction of sp³-hybridized carbons (Fsp3) is 0.746. The van der Waals surface area contributed by atoms with Crippen LogP contribution in [0.1, 0.15) is 161 Å². The highest BCUT2D eigenvalue weighted by Crippen LogP contribution is 2.76. The number of hydrogen-bond donors (Lipinski definition) is 3. The van der Waals surface area contributed by atoms with Crippen molar-refractivity contribution in [2.24, 2.45) is 45.3 Å². The molecule has 0 bridgehead atoms. The summed E-state index contributed by atoms with van der Waals surface area (Å²) in [5.74, 6) is -13.6. The molecule has 0 amide bonds. The van der Waals surface area contributed by atoms with Crippen LogP contribution in [0, 0.1) is 45.3 Å². The monoisotopic (exact) mass is 1170 g/mol. The summed E-state index contributed by atoms with van der Waals surface area (Å²) in [6.07, 6.45) is -5.80. The van der Waals surface area contributed by atoms with E-state index in [4.69, 9.17) is 28.4 Å². The van der Waals surface area contributed by atoms with Crippen molar-refractivity contribution in [3.63, 3.8) is 0 Å². The van der Waals surface area contributed by atoms with Crippen LogP contribution in [-0.2, 0) is 30.3 Å². The highest BCUT2D eigenvalue weighted by molar-refractivity contribution is 5.47. The Morgan fingerprint density at radius 2 is 1.11 bits per heavy atom. The van der Waals surface area contributed by atoms with Crippen molar-refractivity contribution in [1.82, 2.24) is 0 Å². The Bertz CT molecular complexity index is 2850. The number of halogens is 10. The van der Waals surface area contributed by atoms with Crippen molar-refractivity contribution in [3.8, 4) is 5.75 Å². The fourth-order valence-electron chi connectivity index (χ4n) is 18.2. The van der Waals surface area contributed by atoms with Gasteiger partial charge in [0.2, 0.25) is 0 Å². The van der Waals surface area contributed by atoms with Crippen LogP contribution in [0.2, 0.25) is 0 Å². The maximum absolute atomic E-state index is 15.4. The first-order valence-corrected chi connectivity index (χ1v) is 29.5. The number of alkyl halides is 10. The van der Waals surface area contributed by atoms with Crippen LogP contribution in [0.3, 0.4) is 0 Å². The van der Waals surface area contributed by atoms with Crippen LogP contribution in [0.15, 0.2) is 77.4 Å². The summed E-state index contributed by atoms with van der Waals surface area (Å²) in [7, 11) is 0. The number of epoxide rings is 1. The van der Waals surface area contributed by atoms with E-state index in [-0.39, 0.29) is 54.8 Å². The van der Waals surface area contributed by atoms with E-state index in [0.717, 1.165) is 27.8 Å². The Morgan fingerprint density at radius 1 is 0.573 bits per heavy atom. The van der Waals surface area contributed by atoms with Crippen LogP contribution in [-0.4, -0.2) is 106 Å². The third kappa shape index (κ3) is 8.55. The lowest BCUT2D eigenvalue weighted by Gasteiger charge is -2.59. The van der Waals surface area contributed by atoms with Gasteiger partial charge in [0.1, 0.15) is 34.8 Å². The SMILES string of the molecule is CC1(C)COC2(CCC3=C4C(CC[C@@]3(O)C2)C2CC[C@@](O)(C(F)(F)C(F)(F)F)[C@@]2(C)C[C@@H]4c2ccc(OCc3ccccc3)cc2)OC1.CC1(C)COC2(CC[C@]34OC3(CC[C@@H]3C4=CC[C@@]4(C)[C@H]3CC[C@@]4(O)C(F)(F)C(F)(F)F)C2)OC1. The van der Waals surface area contributed by atoms with Crippen LogP contribution < -0.4 is 4.74 Å². The second kappa shape index (κ2) is 18.6. The van der Waals surface area contributed by atoms with Gasteiger partial charge < -0.3 is 43.7 Å². The molecule has 11 aliphatic rings. The van der Waals surface area contributed by atoms with E-state index in [1.54, 1.807) is 12.1 Å². The summed E-state index contributed by atoms with van der Waals surface area (Å²) >= 11 is 0. The number of fused-ring (bicyclic) bond motifs is 7. The molecule has 3 N–H and O–H groups in total. The first-order valence-electron chi connectivity index (χ1n) is 29.5. The van der Waals surface area contributed by atoms with E-state index in [1.807, 2.05) is 48.5 Å². The van der Waals surface area contributed by atoms with E-state index in [0.29, 0.717) is 96.6 Å². The quantitative estimate of drug-likeness (QED) is 0.148. The Morgan fingerprint density at radius 3 is 1.68 bits per heavy atom. The van der Waals surface area contributed by atoms with Gasteiger partial charge in [-0.3, -0.25) is 0 Å². The second-order valence-electron chi connectivity index (χ2n) is 28.8. The molecule has 0 radical (unpaired) electrons. The molecule has 2 aromatic rings. The van der Waals surface area contributed by atoms with E-state index in [1.165, 1.54) is 13.8 Å². The Labute approximate surface area is 472 Å². The number of ether oxygens (including phenoxy) is 6. The zero-order chi connectivity index (χ0) is 59.0. The Balaban J connectivity index is 0.000000172. The molecule has 3 saturated heterocycles. The molecule has 3 aliphatic heterocycles. The van der Waals surface area contributed by atoms with Gasteiger partial charge in [-0.1, -0.05) is 95.7 Å². The molecule has 454 valence electrons. The molecule has 12 atom stereocenters. The lowest BCUT2D eigenvalue weighted by Crippen LogP contribution is -2.65. The van der Waals surface area contributed by atoms with Crippen molar-refractivity contribution in [2.75, 3.05) is 26.4 Å². The Kier molecular flexibility index (Phi) is 13.4. The van der Waals surface area contributed by atoms with Gasteiger partial charge in [-0.15, -0.1) is 0 Å². The van der Waals surface area contributed by atoms with E-state index < -0.39 is 105 Å². The largest absolute Gasteiger partial charge is 0.489 e. The topological polar surface area (TPSA) is 119 Å². The highest BCUT2D eigenvalue weighted by atomic mass is 19.4. The summed E-state index contributed by atoms with van der Waals surface area (Å²) in [6.45, 7) is 13.7. The predicted octanol–water partition coefficient (Wildman–Crippen LogP) is 14.0. The lowest BCUT2D eigenvalue weighted by atomic mass is 9.49. The van der Waals surface area contributed by atoms with Gasteiger partial charge in [0.05, 0.1) is 32.0 Å². The molecule has 3 unspecified atom stereocenters. The maximum Gasteiger partial charge on any atom is 0.456 e. The molecule has 82 heavy (non-hydrogen) atoms. The molecule has 0 aromatic heterocycles.